The maximum atomic E-state index is 2.44. The van der Waals surface area contributed by atoms with Crippen LogP contribution in [0.3, 0.4) is 0 Å². The summed E-state index contributed by atoms with van der Waals surface area (Å²) in [4.78, 5) is 2.44. The van der Waals surface area contributed by atoms with Crippen LogP contribution in [0.25, 0.3) is 93.9 Å². The maximum Gasteiger partial charge on any atom is 0.0562 e. The molecule has 1 heterocycles. The van der Waals surface area contributed by atoms with Crippen molar-refractivity contribution in [1.29, 1.82) is 0 Å². The van der Waals surface area contributed by atoms with E-state index in [-0.39, 0.29) is 0 Å². The number of hydrogen-bond donors (Lipinski definition) is 0. The molecule has 12 rings (SSSR count). The van der Waals surface area contributed by atoms with Crippen molar-refractivity contribution >= 4 is 49.6 Å². The number of nitrogens with zero attached hydrogens (tertiary/aromatic N) is 2. The summed E-state index contributed by atoms with van der Waals surface area (Å²) in [5.74, 6) is 0. The first-order valence-corrected chi connectivity index (χ1v) is 22.7. The van der Waals surface area contributed by atoms with Crippen LogP contribution in [0.5, 0.6) is 0 Å². The molecule has 0 aliphatic heterocycles. The van der Waals surface area contributed by atoms with Gasteiger partial charge in [0.25, 0.3) is 0 Å². The Balaban J connectivity index is 1.01. The Morgan fingerprint density at radius 1 is 0.273 bits per heavy atom. The molecule has 0 bridgehead atoms. The first-order valence-electron chi connectivity index (χ1n) is 22.7. The Hall–Kier alpha value is -8.72. The second kappa shape index (κ2) is 16.8. The zero-order valence-electron chi connectivity index (χ0n) is 36.3. The predicted molar refractivity (Wildman–Crippen MR) is 280 cm³/mol. The van der Waals surface area contributed by atoms with Gasteiger partial charge in [0, 0.05) is 27.8 Å². The lowest BCUT2D eigenvalue weighted by Gasteiger charge is -2.27. The van der Waals surface area contributed by atoms with Gasteiger partial charge in [-0.25, -0.2) is 0 Å². The van der Waals surface area contributed by atoms with E-state index < -0.39 is 0 Å². The van der Waals surface area contributed by atoms with E-state index in [1.54, 1.807) is 0 Å². The SMILES string of the molecule is c1ccc(-c2cccc(-c3ccccc3-c3ccc(N(c4ccc(-c5cccc6cccc(-c7ccccc7)c56)cc4)c4cccc5c4c4ccccc4n5-c4ccccc4)cc3)c2)cc1. The molecule has 0 spiro atoms. The molecule has 11 aromatic carbocycles. The van der Waals surface area contributed by atoms with Gasteiger partial charge in [-0.2, -0.15) is 0 Å². The molecular formula is C64H44N2. The lowest BCUT2D eigenvalue weighted by Crippen LogP contribution is -2.10. The standard InChI is InChI=1S/C64H44N2/c1-4-18-45(19-5-1)50-24-14-25-51(44-50)56-29-11-10-28-55(56)47-36-40-53(41-37-47)65(61-34-17-35-62-64(61)59-30-12-13-33-60(59)66(62)52-26-8-3-9-27-52)54-42-38-48(39-43-54)58-32-16-23-49-22-15-31-57(63(49)58)46-20-6-2-7-21-46/h1-44H. The van der Waals surface area contributed by atoms with Crippen LogP contribution < -0.4 is 4.90 Å². The molecule has 0 aliphatic carbocycles. The normalized spacial score (nSPS) is 11.3. The number of anilines is 3. The highest BCUT2D eigenvalue weighted by atomic mass is 15.1. The summed E-state index contributed by atoms with van der Waals surface area (Å²) in [5, 5.41) is 4.90. The Morgan fingerprint density at radius 2 is 0.727 bits per heavy atom. The van der Waals surface area contributed by atoms with E-state index >= 15 is 0 Å². The zero-order valence-corrected chi connectivity index (χ0v) is 36.3. The van der Waals surface area contributed by atoms with E-state index in [0.29, 0.717) is 0 Å². The van der Waals surface area contributed by atoms with E-state index in [9.17, 15) is 0 Å². The second-order valence-corrected chi connectivity index (χ2v) is 16.9. The van der Waals surface area contributed by atoms with Gasteiger partial charge in [0.05, 0.1) is 16.7 Å². The smallest absolute Gasteiger partial charge is 0.0562 e. The first-order chi connectivity index (χ1) is 32.8. The van der Waals surface area contributed by atoms with E-state index in [1.807, 2.05) is 0 Å². The van der Waals surface area contributed by atoms with Gasteiger partial charge in [0.1, 0.15) is 0 Å². The first kappa shape index (κ1) is 38.9. The summed E-state index contributed by atoms with van der Waals surface area (Å²) >= 11 is 0. The molecule has 0 aliphatic rings. The van der Waals surface area contributed by atoms with Gasteiger partial charge in [-0.05, 0) is 127 Å². The monoisotopic (exact) mass is 840 g/mol. The van der Waals surface area contributed by atoms with Crippen molar-refractivity contribution in [3.05, 3.63) is 267 Å². The second-order valence-electron chi connectivity index (χ2n) is 16.9. The van der Waals surface area contributed by atoms with Crippen molar-refractivity contribution in [2.24, 2.45) is 0 Å². The maximum absolute atomic E-state index is 2.44. The van der Waals surface area contributed by atoms with Gasteiger partial charge in [-0.1, -0.05) is 206 Å². The molecule has 0 radical (unpaired) electrons. The van der Waals surface area contributed by atoms with Crippen LogP contribution in [-0.2, 0) is 0 Å². The lowest BCUT2D eigenvalue weighted by molar-refractivity contribution is 1.18. The van der Waals surface area contributed by atoms with Crippen LogP contribution in [0.4, 0.5) is 17.1 Å². The molecule has 0 amide bonds. The van der Waals surface area contributed by atoms with Crippen LogP contribution in [0.1, 0.15) is 0 Å². The van der Waals surface area contributed by atoms with Gasteiger partial charge in [0.2, 0.25) is 0 Å². The van der Waals surface area contributed by atoms with E-state index in [0.717, 1.165) is 28.3 Å². The minimum absolute atomic E-state index is 1.08. The minimum atomic E-state index is 1.08. The highest BCUT2D eigenvalue weighted by molar-refractivity contribution is 6.16. The number of rotatable bonds is 9. The Morgan fingerprint density at radius 3 is 1.39 bits per heavy atom. The summed E-state index contributed by atoms with van der Waals surface area (Å²) in [6.45, 7) is 0. The van der Waals surface area contributed by atoms with Crippen LogP contribution in [-0.4, -0.2) is 4.57 Å². The average Bonchev–Trinajstić information content (AvgIpc) is 3.75. The van der Waals surface area contributed by atoms with Crippen molar-refractivity contribution in [1.82, 2.24) is 4.57 Å². The average molecular weight is 841 g/mol. The molecule has 0 fully saturated rings. The third-order valence-corrected chi connectivity index (χ3v) is 13.0. The number of hydrogen-bond acceptors (Lipinski definition) is 1. The van der Waals surface area contributed by atoms with Gasteiger partial charge in [-0.15, -0.1) is 0 Å². The Kier molecular flexibility index (Phi) is 9.89. The van der Waals surface area contributed by atoms with Gasteiger partial charge < -0.3 is 9.47 Å². The molecule has 12 aromatic rings. The molecule has 0 atom stereocenters. The van der Waals surface area contributed by atoms with E-state index in [4.69, 9.17) is 0 Å². The number of fused-ring (bicyclic) bond motifs is 4. The summed E-state index contributed by atoms with van der Waals surface area (Å²) in [6.07, 6.45) is 0. The predicted octanol–water partition coefficient (Wildman–Crippen LogP) is 17.7. The lowest BCUT2D eigenvalue weighted by atomic mass is 9.91. The summed E-state index contributed by atoms with van der Waals surface area (Å²) in [7, 11) is 0. The quantitative estimate of drug-likeness (QED) is 0.141. The van der Waals surface area contributed by atoms with Crippen molar-refractivity contribution in [2.45, 2.75) is 0 Å². The molecule has 2 heteroatoms. The van der Waals surface area contributed by atoms with Gasteiger partial charge >= 0.3 is 0 Å². The molecule has 2 nitrogen and oxygen atoms in total. The van der Waals surface area contributed by atoms with Crippen molar-refractivity contribution < 1.29 is 0 Å². The van der Waals surface area contributed by atoms with Crippen LogP contribution in [0.15, 0.2) is 267 Å². The fourth-order valence-corrected chi connectivity index (χ4v) is 9.97. The number of benzene rings is 11. The Bertz CT molecular complexity index is 3660. The van der Waals surface area contributed by atoms with Crippen LogP contribution in [0, 0.1) is 0 Å². The number of para-hydroxylation sites is 2. The van der Waals surface area contributed by atoms with Crippen LogP contribution in [0.2, 0.25) is 0 Å². The number of aromatic nitrogens is 1. The molecule has 66 heavy (non-hydrogen) atoms. The topological polar surface area (TPSA) is 8.17 Å². The zero-order chi connectivity index (χ0) is 43.8. The summed E-state index contributed by atoms with van der Waals surface area (Å²) in [5.41, 5.74) is 18.8. The van der Waals surface area contributed by atoms with E-state index in [1.165, 1.54) is 82.7 Å². The third kappa shape index (κ3) is 6.93. The largest absolute Gasteiger partial charge is 0.310 e. The fourth-order valence-electron chi connectivity index (χ4n) is 9.97. The highest BCUT2D eigenvalue weighted by Gasteiger charge is 2.22. The molecule has 1 aromatic heterocycles. The molecule has 0 saturated carbocycles. The van der Waals surface area contributed by atoms with E-state index in [2.05, 4.69) is 276 Å². The van der Waals surface area contributed by atoms with Crippen molar-refractivity contribution in [3.8, 4) is 61.3 Å². The molecule has 0 saturated heterocycles. The molecular weight excluding hydrogens is 797 g/mol. The fraction of sp³-hybridized carbons (Fsp3) is 0. The Labute approximate surface area is 385 Å². The van der Waals surface area contributed by atoms with Crippen molar-refractivity contribution in [3.63, 3.8) is 0 Å². The summed E-state index contributed by atoms with van der Waals surface area (Å²) < 4.78 is 2.40. The molecule has 0 unspecified atom stereocenters. The molecule has 0 N–H and O–H groups in total. The third-order valence-electron chi connectivity index (χ3n) is 13.0. The minimum Gasteiger partial charge on any atom is -0.310 e. The van der Waals surface area contributed by atoms with Crippen LogP contribution >= 0.6 is 0 Å². The van der Waals surface area contributed by atoms with Gasteiger partial charge in [0.15, 0.2) is 0 Å². The van der Waals surface area contributed by atoms with Crippen molar-refractivity contribution in [2.75, 3.05) is 4.90 Å². The molecule has 310 valence electrons. The summed E-state index contributed by atoms with van der Waals surface area (Å²) in [6, 6.07) is 96.8. The highest BCUT2D eigenvalue weighted by Crippen LogP contribution is 2.46. The van der Waals surface area contributed by atoms with Gasteiger partial charge in [-0.3, -0.25) is 0 Å².